The van der Waals surface area contributed by atoms with E-state index in [1.54, 1.807) is 17.3 Å². The summed E-state index contributed by atoms with van der Waals surface area (Å²) in [6.45, 7) is 0.601. The summed E-state index contributed by atoms with van der Waals surface area (Å²) in [5, 5.41) is 16.6. The maximum atomic E-state index is 11.8. The van der Waals surface area contributed by atoms with Gasteiger partial charge in [0.1, 0.15) is 0 Å². The Morgan fingerprint density at radius 2 is 2.41 bits per heavy atom. The molecule has 0 bridgehead atoms. The minimum atomic E-state index is 0.0301. The number of amides is 1. The number of rotatable bonds is 2. The van der Waals surface area contributed by atoms with Crippen molar-refractivity contribution in [1.29, 1.82) is 0 Å². The number of hydrogen-bond donors (Lipinski definition) is 2. The Hall–Kier alpha value is -1.95. The summed E-state index contributed by atoms with van der Waals surface area (Å²) in [7, 11) is 0. The highest BCUT2D eigenvalue weighted by Gasteiger charge is 2.30. The molecule has 1 aliphatic rings. The van der Waals surface area contributed by atoms with Gasteiger partial charge in [0.05, 0.1) is 18.1 Å². The first-order chi connectivity index (χ1) is 8.28. The van der Waals surface area contributed by atoms with Crippen molar-refractivity contribution in [2.45, 2.75) is 6.42 Å². The van der Waals surface area contributed by atoms with Crippen molar-refractivity contribution in [3.05, 3.63) is 18.5 Å². The average Bonchev–Trinajstić information content (AvgIpc) is 2.93. The van der Waals surface area contributed by atoms with Crippen LogP contribution in [-0.2, 0) is 4.79 Å². The Morgan fingerprint density at radius 3 is 3.18 bits per heavy atom. The van der Waals surface area contributed by atoms with E-state index in [1.807, 2.05) is 6.07 Å². The molecule has 6 nitrogen and oxygen atoms in total. The normalized spacial score (nSPS) is 20.4. The first-order valence-corrected chi connectivity index (χ1v) is 5.48. The third kappa shape index (κ3) is 1.66. The molecule has 0 radical (unpaired) electrons. The minimum absolute atomic E-state index is 0.0301. The number of nitrogens with zero attached hydrogens (tertiary/aromatic N) is 3. The van der Waals surface area contributed by atoms with Crippen LogP contribution in [-0.4, -0.2) is 39.3 Å². The summed E-state index contributed by atoms with van der Waals surface area (Å²) in [4.78, 5) is 17.6. The zero-order valence-corrected chi connectivity index (χ0v) is 9.13. The van der Waals surface area contributed by atoms with E-state index in [9.17, 15) is 4.79 Å². The van der Waals surface area contributed by atoms with Crippen molar-refractivity contribution in [3.63, 3.8) is 0 Å². The topological polar surface area (TPSA) is 82.1 Å². The van der Waals surface area contributed by atoms with Crippen LogP contribution < -0.4 is 4.90 Å². The van der Waals surface area contributed by atoms with Crippen LogP contribution in [0.5, 0.6) is 0 Å². The Kier molecular flexibility index (Phi) is 2.29. The molecular formula is C11H12N4O2. The second-order valence-corrected chi connectivity index (χ2v) is 4.26. The number of fused-ring (bicyclic) bond motifs is 1. The highest BCUT2D eigenvalue weighted by molar-refractivity contribution is 5.97. The molecule has 1 amide bonds. The van der Waals surface area contributed by atoms with Crippen molar-refractivity contribution < 1.29 is 9.90 Å². The molecule has 1 fully saturated rings. The molecule has 1 aliphatic heterocycles. The van der Waals surface area contributed by atoms with Crippen molar-refractivity contribution in [2.24, 2.45) is 5.92 Å². The molecule has 2 aromatic heterocycles. The van der Waals surface area contributed by atoms with Gasteiger partial charge in [-0.2, -0.15) is 5.10 Å². The van der Waals surface area contributed by atoms with Gasteiger partial charge in [-0.25, -0.2) is 4.98 Å². The van der Waals surface area contributed by atoms with E-state index in [0.29, 0.717) is 18.6 Å². The molecule has 0 saturated carbocycles. The molecule has 0 aliphatic carbocycles. The van der Waals surface area contributed by atoms with Gasteiger partial charge in [-0.15, -0.1) is 0 Å². The standard InChI is InChI=1S/C11H12N4O2/c16-6-7-1-10(17)15(5-7)9-2-8-3-13-14-11(8)12-4-9/h2-4,7,16H,1,5-6H2,(H,12,13,14). The number of pyridine rings is 1. The van der Waals surface area contributed by atoms with Gasteiger partial charge in [-0.05, 0) is 6.07 Å². The predicted octanol–water partition coefficient (Wildman–Crippen LogP) is 0.303. The van der Waals surface area contributed by atoms with E-state index < -0.39 is 0 Å². The first-order valence-electron chi connectivity index (χ1n) is 5.48. The van der Waals surface area contributed by atoms with Crippen LogP contribution in [0.2, 0.25) is 0 Å². The maximum absolute atomic E-state index is 11.8. The Labute approximate surface area is 97.3 Å². The zero-order chi connectivity index (χ0) is 11.8. The van der Waals surface area contributed by atoms with Gasteiger partial charge in [-0.3, -0.25) is 9.89 Å². The number of aliphatic hydroxyl groups excluding tert-OH is 1. The van der Waals surface area contributed by atoms with Gasteiger partial charge in [0.2, 0.25) is 5.91 Å². The van der Waals surface area contributed by atoms with E-state index in [-0.39, 0.29) is 18.4 Å². The van der Waals surface area contributed by atoms with Gasteiger partial charge >= 0.3 is 0 Å². The molecule has 1 unspecified atom stereocenters. The summed E-state index contributed by atoms with van der Waals surface area (Å²) in [6, 6.07) is 1.88. The number of aliphatic hydroxyl groups is 1. The Balaban J connectivity index is 1.95. The lowest BCUT2D eigenvalue weighted by atomic mass is 10.1. The number of aromatic amines is 1. The van der Waals surface area contributed by atoms with Crippen LogP contribution in [0.15, 0.2) is 18.5 Å². The van der Waals surface area contributed by atoms with E-state index >= 15 is 0 Å². The number of anilines is 1. The van der Waals surface area contributed by atoms with Crippen molar-refractivity contribution in [3.8, 4) is 0 Å². The summed E-state index contributed by atoms with van der Waals surface area (Å²) in [6.07, 6.45) is 3.73. The molecule has 0 aromatic carbocycles. The van der Waals surface area contributed by atoms with E-state index in [0.717, 1.165) is 11.1 Å². The average molecular weight is 232 g/mol. The summed E-state index contributed by atoms with van der Waals surface area (Å²) >= 11 is 0. The molecule has 88 valence electrons. The van der Waals surface area contributed by atoms with E-state index in [1.165, 1.54) is 0 Å². The van der Waals surface area contributed by atoms with Gasteiger partial charge in [0.25, 0.3) is 0 Å². The van der Waals surface area contributed by atoms with E-state index in [4.69, 9.17) is 5.11 Å². The number of aromatic nitrogens is 3. The Bertz CT molecular complexity index is 565. The molecular weight excluding hydrogens is 220 g/mol. The molecule has 6 heteroatoms. The lowest BCUT2D eigenvalue weighted by molar-refractivity contribution is -0.117. The number of hydrogen-bond acceptors (Lipinski definition) is 4. The van der Waals surface area contributed by atoms with Crippen LogP contribution in [0, 0.1) is 5.92 Å². The maximum Gasteiger partial charge on any atom is 0.227 e. The van der Waals surface area contributed by atoms with Crippen molar-refractivity contribution >= 4 is 22.6 Å². The summed E-state index contributed by atoms with van der Waals surface area (Å²) in [5.74, 6) is 0.0660. The highest BCUT2D eigenvalue weighted by atomic mass is 16.3. The molecule has 1 atom stereocenters. The summed E-state index contributed by atoms with van der Waals surface area (Å²) in [5.41, 5.74) is 1.47. The predicted molar refractivity (Wildman–Crippen MR) is 61.4 cm³/mol. The molecule has 1 saturated heterocycles. The quantitative estimate of drug-likeness (QED) is 0.780. The summed E-state index contributed by atoms with van der Waals surface area (Å²) < 4.78 is 0. The number of carbonyl (C=O) groups is 1. The molecule has 3 heterocycles. The van der Waals surface area contributed by atoms with Crippen LogP contribution in [0.25, 0.3) is 11.0 Å². The van der Waals surface area contributed by atoms with Crippen molar-refractivity contribution in [1.82, 2.24) is 15.2 Å². The molecule has 2 aromatic rings. The van der Waals surface area contributed by atoms with Crippen LogP contribution >= 0.6 is 0 Å². The number of H-pyrrole nitrogens is 1. The largest absolute Gasteiger partial charge is 0.396 e. The third-order valence-corrected chi connectivity index (χ3v) is 3.05. The lowest BCUT2D eigenvalue weighted by Crippen LogP contribution is -2.24. The number of carbonyl (C=O) groups excluding carboxylic acids is 1. The molecule has 17 heavy (non-hydrogen) atoms. The smallest absolute Gasteiger partial charge is 0.227 e. The fourth-order valence-electron chi connectivity index (χ4n) is 2.13. The van der Waals surface area contributed by atoms with Crippen LogP contribution in [0.4, 0.5) is 5.69 Å². The fourth-order valence-corrected chi connectivity index (χ4v) is 2.13. The van der Waals surface area contributed by atoms with Gasteiger partial charge in [-0.1, -0.05) is 0 Å². The van der Waals surface area contributed by atoms with E-state index in [2.05, 4.69) is 15.2 Å². The van der Waals surface area contributed by atoms with Crippen LogP contribution in [0.3, 0.4) is 0 Å². The fraction of sp³-hybridized carbons (Fsp3) is 0.364. The SMILES string of the molecule is O=C1CC(CO)CN1c1cnc2[nH]ncc2c1. The third-order valence-electron chi connectivity index (χ3n) is 3.05. The zero-order valence-electron chi connectivity index (χ0n) is 9.13. The number of nitrogens with one attached hydrogen (secondary N) is 1. The second-order valence-electron chi connectivity index (χ2n) is 4.26. The second kappa shape index (κ2) is 3.81. The van der Waals surface area contributed by atoms with Gasteiger partial charge in [0.15, 0.2) is 5.65 Å². The molecule has 0 spiro atoms. The molecule has 2 N–H and O–H groups in total. The van der Waals surface area contributed by atoms with Crippen LogP contribution in [0.1, 0.15) is 6.42 Å². The van der Waals surface area contributed by atoms with Gasteiger partial charge < -0.3 is 10.0 Å². The first kappa shape index (κ1) is 10.2. The molecule has 3 rings (SSSR count). The highest BCUT2D eigenvalue weighted by Crippen LogP contribution is 2.25. The Morgan fingerprint density at radius 1 is 1.53 bits per heavy atom. The van der Waals surface area contributed by atoms with Crippen molar-refractivity contribution in [2.75, 3.05) is 18.1 Å². The lowest BCUT2D eigenvalue weighted by Gasteiger charge is -2.15. The van der Waals surface area contributed by atoms with Gasteiger partial charge in [0, 0.05) is 30.9 Å². The monoisotopic (exact) mass is 232 g/mol. The minimum Gasteiger partial charge on any atom is -0.396 e.